The molecule has 0 saturated carbocycles. The van der Waals surface area contributed by atoms with Gasteiger partial charge in [-0.3, -0.25) is 14.6 Å². The van der Waals surface area contributed by atoms with E-state index in [0.717, 1.165) is 35.0 Å². The highest BCUT2D eigenvalue weighted by atomic mass is 16.2. The van der Waals surface area contributed by atoms with E-state index in [1.54, 1.807) is 11.9 Å². The molecule has 0 N–H and O–H groups in total. The van der Waals surface area contributed by atoms with Gasteiger partial charge in [-0.2, -0.15) is 0 Å². The molecule has 1 saturated heterocycles. The van der Waals surface area contributed by atoms with Crippen LogP contribution in [0.15, 0.2) is 40.7 Å². The van der Waals surface area contributed by atoms with Crippen molar-refractivity contribution in [2.45, 2.75) is 53.4 Å². The van der Waals surface area contributed by atoms with Crippen LogP contribution in [-0.4, -0.2) is 63.3 Å². The zero-order valence-electron chi connectivity index (χ0n) is 18.0. The smallest absolute Gasteiger partial charge is 0.314 e. The van der Waals surface area contributed by atoms with Crippen molar-refractivity contribution < 1.29 is 9.59 Å². The van der Waals surface area contributed by atoms with Crippen molar-refractivity contribution in [3.05, 3.63) is 46.8 Å². The second-order valence-corrected chi connectivity index (χ2v) is 8.64. The molecule has 0 spiro atoms. The van der Waals surface area contributed by atoms with Crippen LogP contribution < -0.4 is 0 Å². The third kappa shape index (κ3) is 2.99. The van der Waals surface area contributed by atoms with Gasteiger partial charge in [-0.15, -0.1) is 0 Å². The van der Waals surface area contributed by atoms with Gasteiger partial charge in [-0.05, 0) is 32.3 Å². The van der Waals surface area contributed by atoms with Crippen molar-refractivity contribution in [3.8, 4) is 0 Å². The largest absolute Gasteiger partial charge is 0.328 e. The molecule has 0 radical (unpaired) electrons. The molecule has 29 heavy (non-hydrogen) atoms. The first-order valence-corrected chi connectivity index (χ1v) is 10.2. The fourth-order valence-electron chi connectivity index (χ4n) is 4.29. The van der Waals surface area contributed by atoms with Crippen LogP contribution in [0.1, 0.15) is 38.8 Å². The van der Waals surface area contributed by atoms with Crippen LogP contribution in [0.25, 0.3) is 0 Å². The van der Waals surface area contributed by atoms with Gasteiger partial charge >= 0.3 is 6.03 Å². The van der Waals surface area contributed by atoms with Crippen molar-refractivity contribution in [1.29, 1.82) is 0 Å². The van der Waals surface area contributed by atoms with Gasteiger partial charge in [-0.25, -0.2) is 9.79 Å². The number of fused-ring (bicyclic) bond motifs is 3. The van der Waals surface area contributed by atoms with E-state index in [2.05, 4.69) is 25.7 Å². The van der Waals surface area contributed by atoms with Crippen LogP contribution in [0, 0.1) is 12.8 Å². The van der Waals surface area contributed by atoms with Crippen molar-refractivity contribution in [3.63, 3.8) is 0 Å². The number of likely N-dealkylation sites (N-methyl/N-ethyl adjacent to an activating group) is 1. The van der Waals surface area contributed by atoms with Crippen LogP contribution in [0.4, 0.5) is 4.79 Å². The summed E-state index contributed by atoms with van der Waals surface area (Å²) in [4.78, 5) is 38.5. The van der Waals surface area contributed by atoms with E-state index >= 15 is 0 Å². The van der Waals surface area contributed by atoms with Gasteiger partial charge in [-0.1, -0.05) is 43.7 Å². The molecule has 0 aromatic heterocycles. The maximum Gasteiger partial charge on any atom is 0.328 e. The monoisotopic (exact) mass is 395 g/mol. The van der Waals surface area contributed by atoms with Gasteiger partial charge in [0.15, 0.2) is 12.2 Å². The second-order valence-electron chi connectivity index (χ2n) is 8.64. The Kier molecular flexibility index (Phi) is 4.63. The van der Waals surface area contributed by atoms with E-state index in [1.165, 1.54) is 4.90 Å². The zero-order valence-corrected chi connectivity index (χ0v) is 18.0. The number of hydrogen-bond donors (Lipinski definition) is 0. The van der Waals surface area contributed by atoms with E-state index in [9.17, 15) is 9.59 Å². The zero-order chi connectivity index (χ0) is 21.0. The van der Waals surface area contributed by atoms with Gasteiger partial charge in [0.1, 0.15) is 0 Å². The molecular formula is C22H29N5O2. The average molecular weight is 396 g/mol. The number of aliphatic imine (C=N–C) groups is 1. The molecule has 7 nitrogen and oxygen atoms in total. The topological polar surface area (TPSA) is 59.5 Å². The Labute approximate surface area is 172 Å². The standard InChI is InChI=1S/C22H29N5O2/c1-13(2)11-25-15(4)16(5)27-18-19(23-21(25)27)24(6)22(29)26(20(18)28)12-17-9-7-14(3)8-10-17/h7-10,13,18-19H,11-12H2,1-6H3. The van der Waals surface area contributed by atoms with Gasteiger partial charge < -0.3 is 9.80 Å². The lowest BCUT2D eigenvalue weighted by molar-refractivity contribution is -0.137. The maximum absolute atomic E-state index is 13.5. The number of carbonyl (C=O) groups is 2. The van der Waals surface area contributed by atoms with Gasteiger partial charge in [0.05, 0.1) is 6.54 Å². The lowest BCUT2D eigenvalue weighted by atomic mass is 10.1. The number of allylic oxidation sites excluding steroid dienone is 2. The number of rotatable bonds is 4. The number of amides is 3. The van der Waals surface area contributed by atoms with Gasteiger partial charge in [0, 0.05) is 25.0 Å². The van der Waals surface area contributed by atoms with Gasteiger partial charge in [0.2, 0.25) is 5.96 Å². The first-order chi connectivity index (χ1) is 13.7. The first-order valence-electron chi connectivity index (χ1n) is 10.2. The highest BCUT2D eigenvalue weighted by Crippen LogP contribution is 2.38. The van der Waals surface area contributed by atoms with Crippen molar-refractivity contribution in [2.75, 3.05) is 13.6 Å². The molecule has 1 aromatic rings. The first kappa shape index (κ1) is 19.5. The molecule has 3 aliphatic heterocycles. The SMILES string of the molecule is CC1=C(C)N2C(=NC3C2C(=O)N(Cc2ccc(C)cc2)C(=O)N3C)N1CC(C)C. The fraction of sp³-hybridized carbons (Fsp3) is 0.500. The minimum Gasteiger partial charge on any atom is -0.314 e. The molecule has 3 heterocycles. The summed E-state index contributed by atoms with van der Waals surface area (Å²) >= 11 is 0. The summed E-state index contributed by atoms with van der Waals surface area (Å²) in [7, 11) is 1.74. The lowest BCUT2D eigenvalue weighted by Crippen LogP contribution is -2.64. The normalized spacial score (nSPS) is 24.0. The minimum absolute atomic E-state index is 0.184. The molecule has 1 aromatic carbocycles. The molecule has 1 fully saturated rings. The number of hydrogen-bond acceptors (Lipinski definition) is 5. The molecule has 3 aliphatic rings. The molecule has 0 aliphatic carbocycles. The molecular weight excluding hydrogens is 366 g/mol. The van der Waals surface area contributed by atoms with Crippen molar-refractivity contribution in [2.24, 2.45) is 10.9 Å². The number of urea groups is 1. The molecule has 154 valence electrons. The molecule has 4 rings (SSSR count). The van der Waals surface area contributed by atoms with E-state index in [4.69, 9.17) is 4.99 Å². The number of carbonyl (C=O) groups excluding carboxylic acids is 2. The summed E-state index contributed by atoms with van der Waals surface area (Å²) in [5.74, 6) is 1.06. The average Bonchev–Trinajstić information content (AvgIpc) is 3.17. The second kappa shape index (κ2) is 6.90. The van der Waals surface area contributed by atoms with Crippen LogP contribution in [-0.2, 0) is 11.3 Å². The quantitative estimate of drug-likeness (QED) is 0.786. The fourth-order valence-corrected chi connectivity index (χ4v) is 4.29. The lowest BCUT2D eigenvalue weighted by Gasteiger charge is -2.40. The Hall–Kier alpha value is -2.83. The maximum atomic E-state index is 13.5. The Morgan fingerprint density at radius 3 is 2.28 bits per heavy atom. The van der Waals surface area contributed by atoms with E-state index in [-0.39, 0.29) is 18.5 Å². The Morgan fingerprint density at radius 1 is 1.00 bits per heavy atom. The van der Waals surface area contributed by atoms with Gasteiger partial charge in [0.25, 0.3) is 5.91 Å². The number of imide groups is 1. The van der Waals surface area contributed by atoms with Crippen LogP contribution in [0.3, 0.4) is 0 Å². The minimum atomic E-state index is -0.509. The summed E-state index contributed by atoms with van der Waals surface area (Å²) in [5.41, 5.74) is 4.24. The third-order valence-electron chi connectivity index (χ3n) is 6.01. The van der Waals surface area contributed by atoms with Crippen molar-refractivity contribution in [1.82, 2.24) is 19.6 Å². The Morgan fingerprint density at radius 2 is 1.66 bits per heavy atom. The summed E-state index contributed by atoms with van der Waals surface area (Å²) in [6, 6.07) is 7.12. The summed E-state index contributed by atoms with van der Waals surface area (Å²) < 4.78 is 0. The predicted molar refractivity (Wildman–Crippen MR) is 112 cm³/mol. The van der Waals surface area contributed by atoms with E-state index in [1.807, 2.05) is 43.0 Å². The van der Waals surface area contributed by atoms with Crippen molar-refractivity contribution >= 4 is 17.9 Å². The van der Waals surface area contributed by atoms with E-state index < -0.39 is 12.2 Å². The molecule has 2 atom stereocenters. The number of guanidine groups is 1. The molecule has 7 heteroatoms. The molecule has 2 unspecified atom stereocenters. The highest BCUT2D eigenvalue weighted by molar-refractivity contribution is 6.05. The van der Waals surface area contributed by atoms with Crippen LogP contribution in [0.5, 0.6) is 0 Å². The van der Waals surface area contributed by atoms with Crippen LogP contribution in [0.2, 0.25) is 0 Å². The van der Waals surface area contributed by atoms with Crippen LogP contribution >= 0.6 is 0 Å². The Balaban J connectivity index is 1.66. The summed E-state index contributed by atoms with van der Waals surface area (Å²) in [6.07, 6.45) is -0.489. The summed E-state index contributed by atoms with van der Waals surface area (Å²) in [5, 5.41) is 0. The molecule has 0 bridgehead atoms. The highest BCUT2D eigenvalue weighted by Gasteiger charge is 2.55. The number of benzene rings is 1. The Bertz CT molecular complexity index is 918. The summed E-state index contributed by atoms with van der Waals surface area (Å²) in [6.45, 7) is 11.5. The number of nitrogens with zero attached hydrogens (tertiary/aromatic N) is 5. The number of aryl methyl sites for hydroxylation is 1. The predicted octanol–water partition coefficient (Wildman–Crippen LogP) is 2.98. The molecule has 3 amide bonds. The third-order valence-corrected chi connectivity index (χ3v) is 6.01. The van der Waals surface area contributed by atoms with E-state index in [0.29, 0.717) is 5.92 Å².